The lowest BCUT2D eigenvalue weighted by atomic mass is 9.89. The van der Waals surface area contributed by atoms with Gasteiger partial charge in [0.25, 0.3) is 0 Å². The molecule has 1 aromatic carbocycles. The number of ether oxygens (including phenoxy) is 1. The van der Waals surface area contributed by atoms with Gasteiger partial charge in [0.1, 0.15) is 5.52 Å². The maximum Gasteiger partial charge on any atom is 0.330 e. The van der Waals surface area contributed by atoms with Gasteiger partial charge in [-0.1, -0.05) is 11.6 Å². The Hall–Kier alpha value is -1.92. The molecule has 6 nitrogen and oxygen atoms in total. The monoisotopic (exact) mass is 318 g/mol. The molecule has 0 atom stereocenters. The fourth-order valence-electron chi connectivity index (χ4n) is 3.15. The van der Waals surface area contributed by atoms with Crippen LogP contribution in [0.5, 0.6) is 0 Å². The van der Waals surface area contributed by atoms with Gasteiger partial charge in [0.05, 0.1) is 11.6 Å². The van der Waals surface area contributed by atoms with E-state index in [9.17, 15) is 4.79 Å². The Morgan fingerprint density at radius 3 is 2.82 bits per heavy atom. The number of rotatable bonds is 2. The van der Waals surface area contributed by atoms with E-state index in [1.54, 1.807) is 24.8 Å². The van der Waals surface area contributed by atoms with Crippen LogP contribution in [0.1, 0.15) is 18.9 Å². The largest absolute Gasteiger partial charge is 0.381 e. The molecule has 0 bridgehead atoms. The number of aryl methyl sites for hydroxylation is 1. The molecule has 0 unspecified atom stereocenters. The Kier molecular flexibility index (Phi) is 2.99. The third-order valence-electron chi connectivity index (χ3n) is 4.50. The second-order valence-electron chi connectivity index (χ2n) is 5.73. The fraction of sp³-hybridized carbons (Fsp3) is 0.400. The third-order valence-corrected chi connectivity index (χ3v) is 4.73. The number of benzene rings is 1. The zero-order valence-corrected chi connectivity index (χ0v) is 13.0. The molecular weight excluding hydrogens is 304 g/mol. The van der Waals surface area contributed by atoms with E-state index >= 15 is 0 Å². The number of hydrogen-bond acceptors (Lipinski definition) is 4. The Morgan fingerprint density at radius 1 is 1.32 bits per heavy atom. The lowest BCUT2D eigenvalue weighted by Gasteiger charge is -2.34. The summed E-state index contributed by atoms with van der Waals surface area (Å²) in [5, 5.41) is 9.89. The van der Waals surface area contributed by atoms with Gasteiger partial charge in [0.15, 0.2) is 5.65 Å². The van der Waals surface area contributed by atoms with E-state index in [2.05, 4.69) is 10.2 Å². The van der Waals surface area contributed by atoms with E-state index in [1.165, 1.54) is 0 Å². The highest BCUT2D eigenvalue weighted by molar-refractivity contribution is 6.31. The van der Waals surface area contributed by atoms with Crippen LogP contribution < -0.4 is 5.69 Å². The second kappa shape index (κ2) is 4.79. The van der Waals surface area contributed by atoms with Crippen molar-refractivity contribution in [2.75, 3.05) is 7.11 Å². The second-order valence-corrected chi connectivity index (χ2v) is 6.16. The fourth-order valence-corrected chi connectivity index (χ4v) is 3.32. The lowest BCUT2D eigenvalue weighted by molar-refractivity contribution is 0.00635. The first-order valence-corrected chi connectivity index (χ1v) is 7.53. The number of halogens is 1. The lowest BCUT2D eigenvalue weighted by Crippen LogP contribution is -2.37. The molecule has 0 spiro atoms. The maximum absolute atomic E-state index is 12.6. The number of methoxy groups -OCH3 is 1. The van der Waals surface area contributed by atoms with Gasteiger partial charge in [-0.05, 0) is 31.0 Å². The van der Waals surface area contributed by atoms with Gasteiger partial charge in [-0.2, -0.15) is 0 Å². The van der Waals surface area contributed by atoms with Gasteiger partial charge < -0.3 is 4.74 Å². The summed E-state index contributed by atoms with van der Waals surface area (Å²) in [6.45, 7) is 0. The van der Waals surface area contributed by atoms with E-state index < -0.39 is 0 Å². The molecule has 2 aromatic heterocycles. The number of aromatic nitrogens is 4. The molecule has 4 rings (SSSR count). The molecule has 3 aromatic rings. The van der Waals surface area contributed by atoms with E-state index in [0.717, 1.165) is 29.3 Å². The van der Waals surface area contributed by atoms with E-state index in [4.69, 9.17) is 16.3 Å². The van der Waals surface area contributed by atoms with Crippen molar-refractivity contribution in [3.8, 4) is 0 Å². The summed E-state index contributed by atoms with van der Waals surface area (Å²) in [7, 11) is 3.42. The van der Waals surface area contributed by atoms with Crippen molar-refractivity contribution in [2.24, 2.45) is 7.05 Å². The summed E-state index contributed by atoms with van der Waals surface area (Å²) in [6, 6.07) is 5.58. The van der Waals surface area contributed by atoms with Crippen molar-refractivity contribution >= 4 is 33.7 Å². The van der Waals surface area contributed by atoms with Crippen molar-refractivity contribution in [3.05, 3.63) is 33.7 Å². The number of imidazole rings is 1. The molecule has 1 aliphatic rings. The highest BCUT2D eigenvalue weighted by Crippen LogP contribution is 2.36. The van der Waals surface area contributed by atoms with E-state index in [0.29, 0.717) is 10.7 Å². The van der Waals surface area contributed by atoms with Gasteiger partial charge in [-0.15, -0.1) is 10.2 Å². The van der Waals surface area contributed by atoms with Crippen LogP contribution in [0.25, 0.3) is 22.1 Å². The summed E-state index contributed by atoms with van der Waals surface area (Å²) in [5.74, 6) is 0. The van der Waals surface area contributed by atoms with Crippen LogP contribution in [0, 0.1) is 0 Å². The summed E-state index contributed by atoms with van der Waals surface area (Å²) < 4.78 is 8.69. The van der Waals surface area contributed by atoms with E-state index in [1.807, 2.05) is 16.7 Å². The van der Waals surface area contributed by atoms with Crippen LogP contribution >= 0.6 is 11.6 Å². The van der Waals surface area contributed by atoms with Gasteiger partial charge in [-0.3, -0.25) is 9.13 Å². The van der Waals surface area contributed by atoms with Crippen molar-refractivity contribution in [1.29, 1.82) is 0 Å². The van der Waals surface area contributed by atoms with Crippen molar-refractivity contribution in [2.45, 2.75) is 25.0 Å². The molecular formula is C15H15ClN4O2. The minimum atomic E-state index is -0.0728. The summed E-state index contributed by atoms with van der Waals surface area (Å²) >= 11 is 6.13. The molecule has 2 heterocycles. The molecule has 114 valence electrons. The molecule has 22 heavy (non-hydrogen) atoms. The predicted molar refractivity (Wildman–Crippen MR) is 84.4 cm³/mol. The first-order chi connectivity index (χ1) is 10.6. The highest BCUT2D eigenvalue weighted by Gasteiger charge is 2.34. The van der Waals surface area contributed by atoms with Gasteiger partial charge >= 0.3 is 5.69 Å². The number of nitrogens with zero attached hydrogens (tertiary/aromatic N) is 4. The molecule has 0 amide bonds. The first kappa shape index (κ1) is 13.7. The minimum absolute atomic E-state index is 0.0728. The van der Waals surface area contributed by atoms with Crippen molar-refractivity contribution < 1.29 is 4.74 Å². The first-order valence-electron chi connectivity index (χ1n) is 7.16. The maximum atomic E-state index is 12.6. The van der Waals surface area contributed by atoms with Crippen molar-refractivity contribution in [1.82, 2.24) is 19.3 Å². The van der Waals surface area contributed by atoms with Gasteiger partial charge in [0.2, 0.25) is 0 Å². The smallest absolute Gasteiger partial charge is 0.330 e. The van der Waals surface area contributed by atoms with Crippen molar-refractivity contribution in [3.63, 3.8) is 0 Å². The standard InChI is InChI=1S/C15H15ClN4O2/c1-19-14-13(11-5-8(16)3-4-12(11)17-18-14)20(15(19)21)9-6-10(7-9)22-2/h3-5,9-10H,6-7H2,1-2H3/t9-,10-. The van der Waals surface area contributed by atoms with Gasteiger partial charge in [-0.25, -0.2) is 4.79 Å². The molecule has 7 heteroatoms. The molecule has 1 aliphatic carbocycles. The van der Waals surface area contributed by atoms with Crippen LogP contribution in [-0.2, 0) is 11.8 Å². The Balaban J connectivity index is 2.04. The Morgan fingerprint density at radius 2 is 2.09 bits per heavy atom. The zero-order valence-electron chi connectivity index (χ0n) is 12.3. The highest BCUT2D eigenvalue weighted by atomic mass is 35.5. The quantitative estimate of drug-likeness (QED) is 0.727. The Bertz CT molecular complexity index is 940. The predicted octanol–water partition coefficient (Wildman–Crippen LogP) is 2.29. The normalized spacial score (nSPS) is 21.4. The van der Waals surface area contributed by atoms with Crippen LogP contribution in [0.2, 0.25) is 5.02 Å². The number of fused-ring (bicyclic) bond motifs is 3. The molecule has 1 fully saturated rings. The van der Waals surface area contributed by atoms with Gasteiger partial charge in [0, 0.05) is 30.6 Å². The number of hydrogen-bond donors (Lipinski definition) is 0. The topological polar surface area (TPSA) is 61.9 Å². The molecule has 1 saturated carbocycles. The zero-order chi connectivity index (χ0) is 15.4. The van der Waals surface area contributed by atoms with Crippen LogP contribution in [0.4, 0.5) is 0 Å². The van der Waals surface area contributed by atoms with Crippen LogP contribution in [-0.4, -0.2) is 32.5 Å². The molecule has 0 N–H and O–H groups in total. The summed E-state index contributed by atoms with van der Waals surface area (Å²) in [4.78, 5) is 12.6. The van der Waals surface area contributed by atoms with E-state index in [-0.39, 0.29) is 17.8 Å². The molecule has 0 radical (unpaired) electrons. The third kappa shape index (κ3) is 1.80. The average Bonchev–Trinajstić information content (AvgIpc) is 2.72. The van der Waals surface area contributed by atoms with Crippen LogP contribution in [0.15, 0.2) is 23.0 Å². The Labute approximate surface area is 131 Å². The molecule has 0 aliphatic heterocycles. The average molecular weight is 319 g/mol. The van der Waals surface area contributed by atoms with Crippen LogP contribution in [0.3, 0.4) is 0 Å². The minimum Gasteiger partial charge on any atom is -0.381 e. The summed E-state index contributed by atoms with van der Waals surface area (Å²) in [6.07, 6.45) is 1.89. The SMILES string of the molecule is CO[C@H]1C[C@H](n2c(=O)n(C)c3nnc4ccc(Cl)cc4c32)C1. The summed E-state index contributed by atoms with van der Waals surface area (Å²) in [5.41, 5.74) is 2.05. The molecule has 0 saturated heterocycles.